The highest BCUT2D eigenvalue weighted by molar-refractivity contribution is 6.06. The average molecular weight is 428 g/mol. The lowest BCUT2D eigenvalue weighted by molar-refractivity contribution is -0.118. The Balaban J connectivity index is 1.67. The molecule has 2 amide bonds. The molecule has 0 saturated heterocycles. The fourth-order valence-corrected chi connectivity index (χ4v) is 3.54. The molecule has 6 heteroatoms. The summed E-state index contributed by atoms with van der Waals surface area (Å²) >= 11 is 0. The fourth-order valence-electron chi connectivity index (χ4n) is 3.54. The molecular weight excluding hydrogens is 402 g/mol. The van der Waals surface area contributed by atoms with Crippen LogP contribution in [-0.4, -0.2) is 16.4 Å². The number of aromatic nitrogens is 1. The van der Waals surface area contributed by atoms with Crippen LogP contribution in [0.5, 0.6) is 0 Å². The van der Waals surface area contributed by atoms with E-state index in [1.54, 1.807) is 36.6 Å². The molecule has 0 atom stereocenters. The summed E-state index contributed by atoms with van der Waals surface area (Å²) in [6, 6.07) is 18.7. The van der Waals surface area contributed by atoms with Crippen LogP contribution >= 0.6 is 0 Å². The number of furan rings is 1. The van der Waals surface area contributed by atoms with Gasteiger partial charge in [-0.15, -0.1) is 0 Å². The number of carbonyl (C=O) groups is 2. The predicted octanol–water partition coefficient (Wildman–Crippen LogP) is 4.65. The second-order valence-electron chi connectivity index (χ2n) is 7.53. The van der Waals surface area contributed by atoms with Crippen LogP contribution < -0.4 is 10.6 Å². The van der Waals surface area contributed by atoms with E-state index in [1.165, 1.54) is 0 Å². The van der Waals surface area contributed by atoms with Gasteiger partial charge in [0.1, 0.15) is 11.5 Å². The van der Waals surface area contributed by atoms with E-state index in [4.69, 9.17) is 4.42 Å². The Kier molecular flexibility index (Phi) is 6.22. The van der Waals surface area contributed by atoms with Gasteiger partial charge in [0.05, 0.1) is 12.8 Å². The Hall–Kier alpha value is -4.06. The highest BCUT2D eigenvalue weighted by Crippen LogP contribution is 2.23. The Morgan fingerprint density at radius 3 is 2.53 bits per heavy atom. The third-order valence-corrected chi connectivity index (χ3v) is 5.27. The van der Waals surface area contributed by atoms with Gasteiger partial charge in [-0.05, 0) is 50.3 Å². The number of aryl methyl sites for hydroxylation is 2. The van der Waals surface area contributed by atoms with Gasteiger partial charge < -0.3 is 19.6 Å². The summed E-state index contributed by atoms with van der Waals surface area (Å²) in [5.41, 5.74) is 3.63. The van der Waals surface area contributed by atoms with Gasteiger partial charge in [-0.1, -0.05) is 35.9 Å². The number of carbonyl (C=O) groups excluding carboxylic acids is 2. The van der Waals surface area contributed by atoms with Crippen LogP contribution in [0, 0.1) is 6.92 Å². The van der Waals surface area contributed by atoms with Crippen LogP contribution in [0.25, 0.3) is 17.0 Å². The van der Waals surface area contributed by atoms with Crippen LogP contribution in [0.4, 0.5) is 0 Å². The molecule has 162 valence electrons. The lowest BCUT2D eigenvalue weighted by Gasteiger charge is -2.11. The second kappa shape index (κ2) is 9.39. The van der Waals surface area contributed by atoms with Crippen LogP contribution in [0.3, 0.4) is 0 Å². The van der Waals surface area contributed by atoms with E-state index in [0.29, 0.717) is 11.3 Å². The number of nitrogens with zero attached hydrogens (tertiary/aromatic N) is 1. The quantitative estimate of drug-likeness (QED) is 0.422. The van der Waals surface area contributed by atoms with Crippen molar-refractivity contribution in [3.05, 3.63) is 101 Å². The topological polar surface area (TPSA) is 76.3 Å². The maximum Gasteiger partial charge on any atom is 0.268 e. The van der Waals surface area contributed by atoms with Crippen molar-refractivity contribution < 1.29 is 14.0 Å². The average Bonchev–Trinajstić information content (AvgIpc) is 3.45. The summed E-state index contributed by atoms with van der Waals surface area (Å²) in [6.45, 7) is 5.04. The minimum absolute atomic E-state index is 0.168. The third-order valence-electron chi connectivity index (χ3n) is 5.27. The number of hydrogen-bond donors (Lipinski definition) is 2. The molecule has 2 N–H and O–H groups in total. The van der Waals surface area contributed by atoms with Crippen molar-refractivity contribution in [3.63, 3.8) is 0 Å². The normalized spacial score (nSPS) is 11.5. The summed E-state index contributed by atoms with van der Waals surface area (Å²) < 4.78 is 7.41. The number of fused-ring (bicyclic) bond motifs is 1. The molecule has 2 aromatic heterocycles. The molecule has 0 aliphatic rings. The molecule has 0 unspecified atom stereocenters. The first-order valence-electron chi connectivity index (χ1n) is 10.5. The van der Waals surface area contributed by atoms with E-state index in [0.717, 1.165) is 28.6 Å². The van der Waals surface area contributed by atoms with Crippen molar-refractivity contribution >= 4 is 28.8 Å². The minimum Gasteiger partial charge on any atom is -0.467 e. The van der Waals surface area contributed by atoms with Crippen molar-refractivity contribution in [3.8, 4) is 0 Å². The molecule has 0 spiro atoms. The van der Waals surface area contributed by atoms with Gasteiger partial charge in [-0.25, -0.2) is 0 Å². The molecule has 4 rings (SSSR count). The van der Waals surface area contributed by atoms with Crippen molar-refractivity contribution in [2.75, 3.05) is 0 Å². The molecule has 0 bridgehead atoms. The van der Waals surface area contributed by atoms with Crippen LogP contribution in [-0.2, 0) is 17.9 Å². The summed E-state index contributed by atoms with van der Waals surface area (Å²) in [4.78, 5) is 25.9. The van der Waals surface area contributed by atoms with Crippen molar-refractivity contribution in [1.82, 2.24) is 15.2 Å². The molecule has 2 aromatic carbocycles. The van der Waals surface area contributed by atoms with Crippen molar-refractivity contribution in [1.29, 1.82) is 0 Å². The van der Waals surface area contributed by atoms with Gasteiger partial charge in [0.25, 0.3) is 11.8 Å². The lowest BCUT2D eigenvalue weighted by atomic mass is 10.1. The van der Waals surface area contributed by atoms with Crippen LogP contribution in [0.1, 0.15) is 34.2 Å². The number of nitrogens with one attached hydrogen (secondary N) is 2. The Labute approximate surface area is 186 Å². The first-order chi connectivity index (χ1) is 15.5. The van der Waals surface area contributed by atoms with Crippen LogP contribution in [0.2, 0.25) is 0 Å². The Morgan fingerprint density at radius 2 is 1.81 bits per heavy atom. The van der Waals surface area contributed by atoms with Gasteiger partial charge in [0.2, 0.25) is 0 Å². The number of amides is 2. The third kappa shape index (κ3) is 4.64. The number of para-hydroxylation sites is 1. The van der Waals surface area contributed by atoms with Gasteiger partial charge in [0.15, 0.2) is 0 Å². The van der Waals surface area contributed by atoms with E-state index < -0.39 is 5.91 Å². The van der Waals surface area contributed by atoms with Crippen molar-refractivity contribution in [2.45, 2.75) is 26.9 Å². The second-order valence-corrected chi connectivity index (χ2v) is 7.53. The molecule has 0 aliphatic carbocycles. The SMILES string of the molecule is CCn1cc(C=C(NC(=O)c2ccc(C)cc2)C(=O)NCc2ccco2)c2ccccc21. The van der Waals surface area contributed by atoms with Gasteiger partial charge in [-0.3, -0.25) is 9.59 Å². The molecule has 2 heterocycles. The standard InChI is InChI=1S/C26H25N3O3/c1-3-29-17-20(22-8-4-5-9-24(22)29)15-23(26(31)27-16-21-7-6-14-32-21)28-25(30)19-12-10-18(2)11-13-19/h4-15,17H,3,16H2,1-2H3,(H,27,31)(H,28,30). The van der Waals surface area contributed by atoms with Gasteiger partial charge >= 0.3 is 0 Å². The highest BCUT2D eigenvalue weighted by atomic mass is 16.3. The Bertz CT molecular complexity index is 1270. The summed E-state index contributed by atoms with van der Waals surface area (Å²) in [7, 11) is 0. The van der Waals surface area contributed by atoms with Gasteiger partial charge in [0, 0.05) is 34.8 Å². The summed E-state index contributed by atoms with van der Waals surface area (Å²) in [5, 5.41) is 6.62. The monoisotopic (exact) mass is 427 g/mol. The molecule has 0 saturated carbocycles. The first-order valence-corrected chi connectivity index (χ1v) is 10.5. The largest absolute Gasteiger partial charge is 0.467 e. The van der Waals surface area contributed by atoms with Crippen molar-refractivity contribution in [2.24, 2.45) is 0 Å². The molecule has 32 heavy (non-hydrogen) atoms. The minimum atomic E-state index is -0.393. The maximum atomic E-state index is 13.0. The lowest BCUT2D eigenvalue weighted by Crippen LogP contribution is -2.34. The van der Waals surface area contributed by atoms with E-state index in [1.807, 2.05) is 49.5 Å². The number of benzene rings is 2. The molecule has 6 nitrogen and oxygen atoms in total. The zero-order chi connectivity index (χ0) is 22.5. The number of hydrogen-bond acceptors (Lipinski definition) is 3. The Morgan fingerprint density at radius 1 is 1.03 bits per heavy atom. The first kappa shape index (κ1) is 21.2. The van der Waals surface area contributed by atoms with E-state index in [2.05, 4.69) is 22.1 Å². The molecule has 0 radical (unpaired) electrons. The maximum absolute atomic E-state index is 13.0. The molecular formula is C26H25N3O3. The summed E-state index contributed by atoms with van der Waals surface area (Å²) in [6.07, 6.45) is 5.26. The zero-order valence-electron chi connectivity index (χ0n) is 18.1. The summed E-state index contributed by atoms with van der Waals surface area (Å²) in [5.74, 6) is -0.107. The molecule has 4 aromatic rings. The number of rotatable bonds is 7. The highest BCUT2D eigenvalue weighted by Gasteiger charge is 2.16. The predicted molar refractivity (Wildman–Crippen MR) is 125 cm³/mol. The van der Waals surface area contributed by atoms with E-state index in [9.17, 15) is 9.59 Å². The van der Waals surface area contributed by atoms with E-state index in [-0.39, 0.29) is 18.1 Å². The molecule has 0 aliphatic heterocycles. The van der Waals surface area contributed by atoms with Gasteiger partial charge in [-0.2, -0.15) is 0 Å². The fraction of sp³-hybridized carbons (Fsp3) is 0.154. The smallest absolute Gasteiger partial charge is 0.268 e. The zero-order valence-corrected chi connectivity index (χ0v) is 18.1. The molecule has 0 fully saturated rings. The van der Waals surface area contributed by atoms with E-state index >= 15 is 0 Å². The van der Waals surface area contributed by atoms with Crippen LogP contribution in [0.15, 0.2) is 83.2 Å².